The summed E-state index contributed by atoms with van der Waals surface area (Å²) < 4.78 is 7.79. The van der Waals surface area contributed by atoms with Gasteiger partial charge in [-0.05, 0) is 17.7 Å². The molecule has 1 atom stereocenters. The fourth-order valence-electron chi connectivity index (χ4n) is 4.66. The molecule has 2 aromatic carbocycles. The molecule has 0 bridgehead atoms. The van der Waals surface area contributed by atoms with Gasteiger partial charge in [0.25, 0.3) is 11.8 Å². The van der Waals surface area contributed by atoms with Gasteiger partial charge in [0.1, 0.15) is 11.8 Å². The van der Waals surface area contributed by atoms with Crippen LogP contribution < -0.4 is 0 Å². The quantitative estimate of drug-likeness (QED) is 0.459. The van der Waals surface area contributed by atoms with E-state index >= 15 is 0 Å². The molecule has 4 heterocycles. The Morgan fingerprint density at radius 1 is 0.829 bits per heavy atom. The Bertz CT molecular complexity index is 1390. The number of amides is 2. The molecule has 0 N–H and O–H groups in total. The number of rotatable bonds is 3. The lowest BCUT2D eigenvalue weighted by molar-refractivity contribution is -0.00202. The number of carbonyl (C=O) groups excluding carboxylic acids is 2. The number of ether oxygens (including phenoxy) is 1. The van der Waals surface area contributed by atoms with E-state index in [4.69, 9.17) is 4.74 Å². The Labute approximate surface area is 201 Å². The molecule has 35 heavy (non-hydrogen) atoms. The van der Waals surface area contributed by atoms with Crippen molar-refractivity contribution in [2.24, 2.45) is 0 Å². The summed E-state index contributed by atoms with van der Waals surface area (Å²) in [5.74, 6) is -0.298. The van der Waals surface area contributed by atoms with Crippen molar-refractivity contribution in [3.63, 3.8) is 0 Å². The lowest BCUT2D eigenvalue weighted by atomic mass is 10.1. The van der Waals surface area contributed by atoms with Crippen molar-refractivity contribution in [2.75, 3.05) is 26.2 Å². The van der Waals surface area contributed by atoms with Crippen LogP contribution in [0.15, 0.2) is 66.7 Å². The molecule has 9 nitrogen and oxygen atoms in total. The summed E-state index contributed by atoms with van der Waals surface area (Å²) in [5, 5.41) is 9.40. The van der Waals surface area contributed by atoms with E-state index in [1.165, 1.54) is 0 Å². The smallest absolute Gasteiger partial charge is 0.276 e. The molecule has 0 saturated carbocycles. The molecule has 1 fully saturated rings. The van der Waals surface area contributed by atoms with Gasteiger partial charge >= 0.3 is 0 Å². The second-order valence-corrected chi connectivity index (χ2v) is 8.75. The van der Waals surface area contributed by atoms with E-state index in [-0.39, 0.29) is 24.5 Å². The first kappa shape index (κ1) is 21.4. The van der Waals surface area contributed by atoms with E-state index in [0.29, 0.717) is 49.8 Å². The zero-order chi connectivity index (χ0) is 23.8. The second-order valence-electron chi connectivity index (χ2n) is 8.75. The van der Waals surface area contributed by atoms with Crippen LogP contribution in [-0.2, 0) is 17.9 Å². The van der Waals surface area contributed by atoms with Crippen molar-refractivity contribution >= 4 is 22.7 Å². The van der Waals surface area contributed by atoms with Crippen LogP contribution in [0.3, 0.4) is 0 Å². The molecule has 9 heteroatoms. The van der Waals surface area contributed by atoms with E-state index in [1.54, 1.807) is 20.5 Å². The standard InChI is InChI=1S/C26H24N6O3/c33-25(21-11-10-18-6-4-5-9-20(18)27-21)30-12-14-31(15-13-30)26(34)24-22-17-35-23(16-32(22)29-28-24)19-7-2-1-3-8-19/h1-11,23H,12-17H2. The van der Waals surface area contributed by atoms with Crippen LogP contribution in [0.1, 0.15) is 38.3 Å². The maximum atomic E-state index is 13.2. The topological polar surface area (TPSA) is 93.5 Å². The summed E-state index contributed by atoms with van der Waals surface area (Å²) in [5.41, 5.74) is 3.30. The molecule has 6 rings (SSSR count). The first-order valence-corrected chi connectivity index (χ1v) is 11.7. The largest absolute Gasteiger partial charge is 0.365 e. The molecule has 1 saturated heterocycles. The summed E-state index contributed by atoms with van der Waals surface area (Å²) in [4.78, 5) is 34.2. The third-order valence-electron chi connectivity index (χ3n) is 6.64. The van der Waals surface area contributed by atoms with Gasteiger partial charge in [0, 0.05) is 31.6 Å². The number of carbonyl (C=O) groups is 2. The van der Waals surface area contributed by atoms with Crippen LogP contribution in [0, 0.1) is 0 Å². The molecule has 0 radical (unpaired) electrons. The van der Waals surface area contributed by atoms with Gasteiger partial charge in [0.15, 0.2) is 5.69 Å². The molecule has 0 aliphatic carbocycles. The van der Waals surface area contributed by atoms with E-state index in [1.807, 2.05) is 60.7 Å². The predicted octanol–water partition coefficient (Wildman–Crippen LogP) is 2.70. The molecule has 4 aromatic rings. The van der Waals surface area contributed by atoms with Gasteiger partial charge in [0.2, 0.25) is 0 Å². The first-order chi connectivity index (χ1) is 17.2. The summed E-state index contributed by atoms with van der Waals surface area (Å²) in [6, 6.07) is 21.4. The molecule has 2 aromatic heterocycles. The minimum Gasteiger partial charge on any atom is -0.365 e. The number of aromatic nitrogens is 4. The minimum atomic E-state index is -0.177. The van der Waals surface area contributed by atoms with Crippen molar-refractivity contribution in [1.82, 2.24) is 29.8 Å². The number of nitrogens with zero attached hydrogens (tertiary/aromatic N) is 6. The van der Waals surface area contributed by atoms with Crippen molar-refractivity contribution in [2.45, 2.75) is 19.3 Å². The van der Waals surface area contributed by atoms with Crippen LogP contribution >= 0.6 is 0 Å². The van der Waals surface area contributed by atoms with E-state index in [2.05, 4.69) is 15.3 Å². The molecular weight excluding hydrogens is 444 g/mol. The Kier molecular flexibility index (Phi) is 5.46. The second kappa shape index (κ2) is 8.92. The Morgan fingerprint density at radius 2 is 1.54 bits per heavy atom. The average molecular weight is 469 g/mol. The van der Waals surface area contributed by atoms with E-state index < -0.39 is 0 Å². The summed E-state index contributed by atoms with van der Waals surface area (Å²) >= 11 is 0. The molecule has 1 unspecified atom stereocenters. The molecular formula is C26H24N6O3. The number of fused-ring (bicyclic) bond motifs is 2. The highest BCUT2D eigenvalue weighted by Crippen LogP contribution is 2.27. The minimum absolute atomic E-state index is 0.119. The van der Waals surface area contributed by atoms with Gasteiger partial charge in [0.05, 0.1) is 24.4 Å². The Morgan fingerprint density at radius 3 is 2.34 bits per heavy atom. The van der Waals surface area contributed by atoms with Crippen molar-refractivity contribution in [3.8, 4) is 0 Å². The van der Waals surface area contributed by atoms with E-state index in [9.17, 15) is 9.59 Å². The van der Waals surface area contributed by atoms with Crippen LogP contribution in [0.5, 0.6) is 0 Å². The third kappa shape index (κ3) is 4.04. The van der Waals surface area contributed by atoms with Crippen LogP contribution in [0.2, 0.25) is 0 Å². The molecule has 2 aliphatic heterocycles. The van der Waals surface area contributed by atoms with Crippen molar-refractivity contribution < 1.29 is 14.3 Å². The van der Waals surface area contributed by atoms with Gasteiger partial charge in [-0.2, -0.15) is 0 Å². The zero-order valence-electron chi connectivity index (χ0n) is 19.1. The SMILES string of the molecule is O=C(c1ccc2ccccc2n1)N1CCN(C(=O)c2nnn3c2COC(c2ccccc2)C3)CC1. The summed E-state index contributed by atoms with van der Waals surface area (Å²) in [6.07, 6.45) is -0.119. The Hall–Kier alpha value is -4.11. The number of pyridine rings is 1. The molecule has 176 valence electrons. The molecule has 2 aliphatic rings. The van der Waals surface area contributed by atoms with Gasteiger partial charge in [-0.25, -0.2) is 9.67 Å². The fraction of sp³-hybridized carbons (Fsp3) is 0.269. The average Bonchev–Trinajstić information content (AvgIpc) is 3.36. The number of para-hydroxylation sites is 1. The maximum absolute atomic E-state index is 13.2. The first-order valence-electron chi connectivity index (χ1n) is 11.7. The highest BCUT2D eigenvalue weighted by Gasteiger charge is 2.32. The molecule has 0 spiro atoms. The van der Waals surface area contributed by atoms with Gasteiger partial charge < -0.3 is 14.5 Å². The van der Waals surface area contributed by atoms with Crippen molar-refractivity contribution in [1.29, 1.82) is 0 Å². The summed E-state index contributed by atoms with van der Waals surface area (Å²) in [6.45, 7) is 2.53. The van der Waals surface area contributed by atoms with E-state index in [0.717, 1.165) is 16.5 Å². The highest BCUT2D eigenvalue weighted by atomic mass is 16.5. The van der Waals surface area contributed by atoms with Gasteiger partial charge in [-0.3, -0.25) is 9.59 Å². The van der Waals surface area contributed by atoms with Crippen LogP contribution in [-0.4, -0.2) is 67.8 Å². The zero-order valence-corrected chi connectivity index (χ0v) is 19.1. The Balaban J connectivity index is 1.11. The number of benzene rings is 2. The van der Waals surface area contributed by atoms with Crippen LogP contribution in [0.4, 0.5) is 0 Å². The number of hydrogen-bond acceptors (Lipinski definition) is 6. The normalized spacial score (nSPS) is 17.9. The van der Waals surface area contributed by atoms with Gasteiger partial charge in [-0.1, -0.05) is 59.8 Å². The highest BCUT2D eigenvalue weighted by molar-refractivity contribution is 5.96. The predicted molar refractivity (Wildman–Crippen MR) is 128 cm³/mol. The lowest BCUT2D eigenvalue weighted by Gasteiger charge is -2.34. The molecule has 2 amide bonds. The third-order valence-corrected chi connectivity index (χ3v) is 6.64. The lowest BCUT2D eigenvalue weighted by Crippen LogP contribution is -2.51. The van der Waals surface area contributed by atoms with Crippen LogP contribution in [0.25, 0.3) is 10.9 Å². The monoisotopic (exact) mass is 468 g/mol. The van der Waals surface area contributed by atoms with Gasteiger partial charge in [-0.15, -0.1) is 5.10 Å². The number of hydrogen-bond donors (Lipinski definition) is 0. The number of piperazine rings is 1. The van der Waals surface area contributed by atoms with Crippen molar-refractivity contribution in [3.05, 3.63) is 89.4 Å². The summed E-state index contributed by atoms with van der Waals surface area (Å²) in [7, 11) is 0. The fourth-order valence-corrected chi connectivity index (χ4v) is 4.66. The maximum Gasteiger partial charge on any atom is 0.276 e.